The Bertz CT molecular complexity index is 1270. The van der Waals surface area contributed by atoms with Crippen molar-refractivity contribution in [3.8, 4) is 0 Å². The Hall–Kier alpha value is -3.70. The van der Waals surface area contributed by atoms with Gasteiger partial charge in [-0.05, 0) is 40.6 Å². The predicted molar refractivity (Wildman–Crippen MR) is 130 cm³/mol. The Morgan fingerprint density at radius 2 is 2.20 bits per heavy atom. The minimum Gasteiger partial charge on any atom is -0.464 e. The van der Waals surface area contributed by atoms with Crippen LogP contribution in [-0.2, 0) is 16.0 Å². The first-order valence-corrected chi connectivity index (χ1v) is 11.6. The average Bonchev–Trinajstić information content (AvgIpc) is 2.88. The lowest BCUT2D eigenvalue weighted by atomic mass is 9.96. The van der Waals surface area contributed by atoms with E-state index in [2.05, 4.69) is 25.9 Å². The molecule has 2 aromatic rings. The molecular formula is C24H21BrFN5O4. The molecule has 0 bridgehead atoms. The van der Waals surface area contributed by atoms with Crippen LogP contribution >= 0.6 is 15.9 Å². The fourth-order valence-electron chi connectivity index (χ4n) is 4.12. The number of fused-ring (bicyclic) bond motifs is 1. The Morgan fingerprint density at radius 3 is 2.94 bits per heavy atom. The summed E-state index contributed by atoms with van der Waals surface area (Å²) in [6.45, 7) is 0.000517. The highest BCUT2D eigenvalue weighted by Crippen LogP contribution is 2.37. The van der Waals surface area contributed by atoms with Crippen LogP contribution in [-0.4, -0.2) is 34.8 Å². The number of benzene rings is 1. The quantitative estimate of drug-likeness (QED) is 0.594. The lowest BCUT2D eigenvalue weighted by Gasteiger charge is -2.36. The number of hydrogen-bond donors (Lipinski definition) is 1. The smallest absolute Gasteiger partial charge is 0.330 e. The van der Waals surface area contributed by atoms with Crippen LogP contribution in [0.25, 0.3) is 0 Å². The Labute approximate surface area is 209 Å². The first kappa shape index (κ1) is 23.1. The van der Waals surface area contributed by atoms with Gasteiger partial charge in [-0.3, -0.25) is 9.80 Å². The summed E-state index contributed by atoms with van der Waals surface area (Å²) in [5.74, 6) is 0.177. The summed E-state index contributed by atoms with van der Waals surface area (Å²) < 4.78 is 26.0. The van der Waals surface area contributed by atoms with Crippen molar-refractivity contribution >= 4 is 39.4 Å². The van der Waals surface area contributed by atoms with Crippen molar-refractivity contribution in [1.29, 1.82) is 0 Å². The molecule has 1 atom stereocenters. The standard InChI is InChI=1S/C24H21BrFN5O4/c1-29-22-16(12-30(24(29)33)21-17(25)6-4-7-18(21)26)11-27-23(28-22)31(20-14-34-9-10-35-20)19-8-3-2-5-15(19)13-32/h2-4,6-11,14-15,32H,5,12-13H2,1H3. The molecule has 1 aromatic heterocycles. The van der Waals surface area contributed by atoms with Crippen molar-refractivity contribution in [3.05, 3.63) is 88.8 Å². The molecule has 180 valence electrons. The molecule has 1 aromatic carbocycles. The van der Waals surface area contributed by atoms with Gasteiger partial charge in [0.15, 0.2) is 6.26 Å². The van der Waals surface area contributed by atoms with E-state index in [9.17, 15) is 14.3 Å². The number of amides is 2. The Morgan fingerprint density at radius 1 is 1.34 bits per heavy atom. The first-order chi connectivity index (χ1) is 17.0. The number of nitrogens with zero attached hydrogens (tertiary/aromatic N) is 5. The number of aromatic nitrogens is 2. The van der Waals surface area contributed by atoms with E-state index in [4.69, 9.17) is 9.47 Å². The topological polar surface area (TPSA) is 91.3 Å². The zero-order valence-corrected chi connectivity index (χ0v) is 20.2. The zero-order valence-electron chi connectivity index (χ0n) is 18.6. The van der Waals surface area contributed by atoms with E-state index >= 15 is 0 Å². The van der Waals surface area contributed by atoms with Crippen LogP contribution in [0.3, 0.4) is 0 Å². The van der Waals surface area contributed by atoms with E-state index < -0.39 is 11.8 Å². The molecule has 3 aliphatic rings. The second-order valence-electron chi connectivity index (χ2n) is 7.97. The van der Waals surface area contributed by atoms with Gasteiger partial charge >= 0.3 is 6.03 Å². The maximum absolute atomic E-state index is 14.6. The molecule has 11 heteroatoms. The van der Waals surface area contributed by atoms with Gasteiger partial charge in [0.05, 0.1) is 18.8 Å². The Kier molecular flexibility index (Phi) is 6.27. The third-order valence-corrected chi connectivity index (χ3v) is 6.47. The van der Waals surface area contributed by atoms with E-state index in [0.29, 0.717) is 33.9 Å². The summed E-state index contributed by atoms with van der Waals surface area (Å²) in [6.07, 6.45) is 12.1. The van der Waals surface area contributed by atoms with E-state index in [1.165, 1.54) is 34.7 Å². The van der Waals surface area contributed by atoms with E-state index in [1.807, 2.05) is 18.2 Å². The molecule has 0 fully saturated rings. The molecule has 35 heavy (non-hydrogen) atoms. The minimum atomic E-state index is -0.518. The van der Waals surface area contributed by atoms with Gasteiger partial charge in [-0.15, -0.1) is 0 Å². The molecule has 2 aliphatic heterocycles. The largest absolute Gasteiger partial charge is 0.464 e. The minimum absolute atomic E-state index is 0.0908. The number of halogens is 2. The maximum atomic E-state index is 14.6. The Balaban J connectivity index is 1.56. The molecule has 0 radical (unpaired) electrons. The number of urea groups is 1. The molecule has 0 saturated carbocycles. The summed E-state index contributed by atoms with van der Waals surface area (Å²) in [6, 6.07) is 4.11. The number of ether oxygens (including phenoxy) is 2. The van der Waals surface area contributed by atoms with Gasteiger partial charge in [-0.2, -0.15) is 4.98 Å². The van der Waals surface area contributed by atoms with Gasteiger partial charge in [0.2, 0.25) is 11.8 Å². The number of aliphatic hydroxyl groups excluding tert-OH is 1. The van der Waals surface area contributed by atoms with Gasteiger partial charge in [0.1, 0.15) is 24.2 Å². The summed E-state index contributed by atoms with van der Waals surface area (Å²) >= 11 is 3.34. The third kappa shape index (κ3) is 4.17. The van der Waals surface area contributed by atoms with Crippen molar-refractivity contribution in [2.45, 2.75) is 13.0 Å². The number of carbonyl (C=O) groups excluding carboxylic acids is 1. The summed E-state index contributed by atoms with van der Waals surface area (Å²) in [7, 11) is 1.57. The number of para-hydroxylation sites is 1. The van der Waals surface area contributed by atoms with Gasteiger partial charge in [0.25, 0.3) is 0 Å². The monoisotopic (exact) mass is 541 g/mol. The highest BCUT2D eigenvalue weighted by Gasteiger charge is 2.35. The number of hydrogen-bond acceptors (Lipinski definition) is 7. The van der Waals surface area contributed by atoms with Crippen LogP contribution < -0.4 is 14.7 Å². The molecule has 9 nitrogen and oxygen atoms in total. The van der Waals surface area contributed by atoms with Crippen molar-refractivity contribution < 1.29 is 23.8 Å². The van der Waals surface area contributed by atoms with Crippen molar-refractivity contribution in [3.63, 3.8) is 0 Å². The number of rotatable bonds is 5. The molecule has 1 N–H and O–H groups in total. The van der Waals surface area contributed by atoms with Crippen molar-refractivity contribution in [2.24, 2.45) is 5.92 Å². The fraction of sp³-hybridized carbons (Fsp3) is 0.208. The normalized spacial score (nSPS) is 19.0. The van der Waals surface area contributed by atoms with E-state index in [-0.39, 0.29) is 30.7 Å². The number of allylic oxidation sites excluding steroid dienone is 3. The molecular weight excluding hydrogens is 521 g/mol. The third-order valence-electron chi connectivity index (χ3n) is 5.83. The molecule has 5 rings (SSSR count). The van der Waals surface area contributed by atoms with Crippen LogP contribution in [0.5, 0.6) is 0 Å². The van der Waals surface area contributed by atoms with Crippen LogP contribution in [0.15, 0.2) is 77.5 Å². The van der Waals surface area contributed by atoms with E-state index in [0.717, 1.165) is 0 Å². The molecule has 1 aliphatic carbocycles. The molecule has 1 unspecified atom stereocenters. The molecule has 0 spiro atoms. The highest BCUT2D eigenvalue weighted by molar-refractivity contribution is 9.10. The van der Waals surface area contributed by atoms with Gasteiger partial charge < -0.3 is 14.6 Å². The van der Waals surface area contributed by atoms with Crippen molar-refractivity contribution in [1.82, 2.24) is 9.97 Å². The number of aliphatic hydroxyl groups is 1. The van der Waals surface area contributed by atoms with Gasteiger partial charge in [0, 0.05) is 34.9 Å². The van der Waals surface area contributed by atoms with E-state index in [1.54, 1.807) is 30.3 Å². The average molecular weight is 542 g/mol. The summed E-state index contributed by atoms with van der Waals surface area (Å²) in [4.78, 5) is 26.8. The zero-order chi connectivity index (χ0) is 24.5. The SMILES string of the molecule is CN1C(=O)N(c2c(F)cccc2Br)Cc2cnc(N(C3=COC=CO3)C3=CC=CCC3CO)nc21. The van der Waals surface area contributed by atoms with Crippen LogP contribution in [0.1, 0.15) is 12.0 Å². The van der Waals surface area contributed by atoms with Crippen LogP contribution in [0.4, 0.5) is 26.6 Å². The second-order valence-corrected chi connectivity index (χ2v) is 8.82. The molecule has 0 saturated heterocycles. The molecule has 2 amide bonds. The van der Waals surface area contributed by atoms with Gasteiger partial charge in [-0.25, -0.2) is 19.1 Å². The summed E-state index contributed by atoms with van der Waals surface area (Å²) in [5.41, 5.74) is 1.49. The lowest BCUT2D eigenvalue weighted by Crippen LogP contribution is -2.46. The predicted octanol–water partition coefficient (Wildman–Crippen LogP) is 4.53. The maximum Gasteiger partial charge on any atom is 0.330 e. The first-order valence-electron chi connectivity index (χ1n) is 10.8. The van der Waals surface area contributed by atoms with Crippen molar-refractivity contribution in [2.75, 3.05) is 28.4 Å². The lowest BCUT2D eigenvalue weighted by molar-refractivity contribution is 0.230. The van der Waals surface area contributed by atoms with Gasteiger partial charge in [-0.1, -0.05) is 18.2 Å². The van der Waals surface area contributed by atoms with Crippen LogP contribution in [0.2, 0.25) is 0 Å². The fourth-order valence-corrected chi connectivity index (χ4v) is 4.68. The second kappa shape index (κ2) is 9.51. The number of carbonyl (C=O) groups is 1. The number of anilines is 3. The highest BCUT2D eigenvalue weighted by atomic mass is 79.9. The summed E-state index contributed by atoms with van der Waals surface area (Å²) in [5, 5.41) is 9.97. The molecule has 3 heterocycles. The van der Waals surface area contributed by atoms with Crippen LogP contribution in [0, 0.1) is 11.7 Å².